The summed E-state index contributed by atoms with van der Waals surface area (Å²) in [7, 11) is 0. The number of nitrogens with one attached hydrogen (secondary N) is 1. The van der Waals surface area contributed by atoms with E-state index in [1.54, 1.807) is 12.1 Å². The van der Waals surface area contributed by atoms with E-state index >= 15 is 0 Å². The minimum absolute atomic E-state index is 0.0657. The molecule has 0 aliphatic heterocycles. The molecule has 0 amide bonds. The standard InChI is InChI=1S/C14H18N2O4/c1-9-2-7-13(16(19)20)12(8-9)15-11-5-3-10(4-6-11)14(17)18/h2,7-8,10-11,15H,3-6H2,1H3,(H,17,18). The van der Waals surface area contributed by atoms with Gasteiger partial charge in [0.15, 0.2) is 0 Å². The summed E-state index contributed by atoms with van der Waals surface area (Å²) >= 11 is 0. The van der Waals surface area contributed by atoms with Crippen molar-refractivity contribution in [3.8, 4) is 0 Å². The highest BCUT2D eigenvalue weighted by molar-refractivity contribution is 5.70. The van der Waals surface area contributed by atoms with E-state index in [-0.39, 0.29) is 17.6 Å². The Hall–Kier alpha value is -2.11. The fourth-order valence-corrected chi connectivity index (χ4v) is 2.63. The fraction of sp³-hybridized carbons (Fsp3) is 0.500. The third kappa shape index (κ3) is 3.26. The lowest BCUT2D eigenvalue weighted by Gasteiger charge is -2.27. The van der Waals surface area contributed by atoms with Crippen molar-refractivity contribution in [2.45, 2.75) is 38.6 Å². The molecule has 1 saturated carbocycles. The van der Waals surface area contributed by atoms with E-state index in [9.17, 15) is 14.9 Å². The largest absolute Gasteiger partial charge is 0.481 e. The van der Waals surface area contributed by atoms with Crippen molar-refractivity contribution >= 4 is 17.3 Å². The molecule has 0 heterocycles. The second-order valence-electron chi connectivity index (χ2n) is 5.31. The van der Waals surface area contributed by atoms with Gasteiger partial charge in [-0.2, -0.15) is 0 Å². The Morgan fingerprint density at radius 2 is 2.00 bits per heavy atom. The van der Waals surface area contributed by atoms with Crippen LogP contribution in [0.2, 0.25) is 0 Å². The molecule has 0 unspecified atom stereocenters. The molecule has 1 aliphatic carbocycles. The molecule has 20 heavy (non-hydrogen) atoms. The number of hydrogen-bond acceptors (Lipinski definition) is 4. The van der Waals surface area contributed by atoms with Gasteiger partial charge in [-0.1, -0.05) is 6.07 Å². The van der Waals surface area contributed by atoms with Crippen LogP contribution in [0.4, 0.5) is 11.4 Å². The van der Waals surface area contributed by atoms with Crippen LogP contribution in [0.3, 0.4) is 0 Å². The molecule has 1 aromatic carbocycles. The highest BCUT2D eigenvalue weighted by Crippen LogP contribution is 2.31. The summed E-state index contributed by atoms with van der Waals surface area (Å²) in [6.45, 7) is 1.89. The second-order valence-corrected chi connectivity index (χ2v) is 5.31. The van der Waals surface area contributed by atoms with Crippen LogP contribution in [0.15, 0.2) is 18.2 Å². The van der Waals surface area contributed by atoms with E-state index in [1.807, 2.05) is 6.92 Å². The fourth-order valence-electron chi connectivity index (χ4n) is 2.63. The average Bonchev–Trinajstić information content (AvgIpc) is 2.39. The SMILES string of the molecule is Cc1ccc([N+](=O)[O-])c(NC2CCC(C(=O)O)CC2)c1. The summed E-state index contributed by atoms with van der Waals surface area (Å²) in [6.07, 6.45) is 2.68. The molecule has 0 saturated heterocycles. The topological polar surface area (TPSA) is 92.5 Å². The van der Waals surface area contributed by atoms with Crippen LogP contribution in [0, 0.1) is 23.0 Å². The number of carboxylic acids is 1. The van der Waals surface area contributed by atoms with E-state index in [2.05, 4.69) is 5.32 Å². The molecule has 2 rings (SSSR count). The summed E-state index contributed by atoms with van der Waals surface area (Å²) < 4.78 is 0. The number of carbonyl (C=O) groups is 1. The number of benzene rings is 1. The van der Waals surface area contributed by atoms with Crippen LogP contribution >= 0.6 is 0 Å². The third-order valence-corrected chi connectivity index (χ3v) is 3.78. The monoisotopic (exact) mass is 278 g/mol. The number of nitro benzene ring substituents is 1. The number of carboxylic acid groups (broad SMARTS) is 1. The van der Waals surface area contributed by atoms with Crippen LogP contribution in [0.1, 0.15) is 31.2 Å². The smallest absolute Gasteiger partial charge is 0.306 e. The van der Waals surface area contributed by atoms with E-state index in [0.29, 0.717) is 18.5 Å². The maximum Gasteiger partial charge on any atom is 0.306 e. The maximum absolute atomic E-state index is 11.0. The van der Waals surface area contributed by atoms with Gasteiger partial charge in [0.25, 0.3) is 5.69 Å². The van der Waals surface area contributed by atoms with Gasteiger partial charge in [-0.3, -0.25) is 14.9 Å². The summed E-state index contributed by atoms with van der Waals surface area (Å²) in [6, 6.07) is 5.08. The van der Waals surface area contributed by atoms with Gasteiger partial charge in [0.05, 0.1) is 10.8 Å². The highest BCUT2D eigenvalue weighted by atomic mass is 16.6. The van der Waals surface area contributed by atoms with Gasteiger partial charge in [-0.15, -0.1) is 0 Å². The van der Waals surface area contributed by atoms with Crippen LogP contribution < -0.4 is 5.32 Å². The van der Waals surface area contributed by atoms with Crippen molar-refractivity contribution < 1.29 is 14.8 Å². The first-order chi connectivity index (χ1) is 9.47. The first-order valence-electron chi connectivity index (χ1n) is 6.71. The Labute approximate surface area is 117 Å². The molecule has 2 N–H and O–H groups in total. The quantitative estimate of drug-likeness (QED) is 0.652. The predicted molar refractivity (Wildman–Crippen MR) is 74.8 cm³/mol. The van der Waals surface area contributed by atoms with Gasteiger partial charge in [-0.25, -0.2) is 0 Å². The molecule has 0 atom stereocenters. The average molecular weight is 278 g/mol. The van der Waals surface area contributed by atoms with Crippen molar-refractivity contribution in [1.82, 2.24) is 0 Å². The number of aliphatic carboxylic acids is 1. The lowest BCUT2D eigenvalue weighted by Crippen LogP contribution is -2.29. The zero-order valence-corrected chi connectivity index (χ0v) is 11.3. The number of rotatable bonds is 4. The molecular weight excluding hydrogens is 260 g/mol. The molecule has 1 aromatic rings. The maximum atomic E-state index is 11.0. The van der Waals surface area contributed by atoms with E-state index < -0.39 is 10.9 Å². The zero-order chi connectivity index (χ0) is 14.7. The molecule has 6 heteroatoms. The van der Waals surface area contributed by atoms with Gasteiger partial charge in [-0.05, 0) is 44.2 Å². The minimum atomic E-state index is -0.745. The van der Waals surface area contributed by atoms with Crippen LogP contribution in [-0.2, 0) is 4.79 Å². The van der Waals surface area contributed by atoms with Crippen molar-refractivity contribution in [2.24, 2.45) is 5.92 Å². The Kier molecular flexibility index (Phi) is 4.22. The Morgan fingerprint density at radius 3 is 2.55 bits per heavy atom. The first kappa shape index (κ1) is 14.3. The van der Waals surface area contributed by atoms with Crippen LogP contribution in [0.5, 0.6) is 0 Å². The molecule has 6 nitrogen and oxygen atoms in total. The number of hydrogen-bond donors (Lipinski definition) is 2. The molecule has 1 fully saturated rings. The number of anilines is 1. The Morgan fingerprint density at radius 1 is 1.35 bits per heavy atom. The van der Waals surface area contributed by atoms with E-state index in [1.165, 1.54) is 6.07 Å². The number of nitro groups is 1. The number of aryl methyl sites for hydroxylation is 1. The van der Waals surface area contributed by atoms with Crippen molar-refractivity contribution in [2.75, 3.05) is 5.32 Å². The molecule has 0 radical (unpaired) electrons. The normalized spacial score (nSPS) is 22.2. The lowest BCUT2D eigenvalue weighted by molar-refractivity contribution is -0.384. The van der Waals surface area contributed by atoms with Crippen LogP contribution in [0.25, 0.3) is 0 Å². The van der Waals surface area contributed by atoms with Gasteiger partial charge >= 0.3 is 5.97 Å². The number of nitrogens with zero attached hydrogens (tertiary/aromatic N) is 1. The zero-order valence-electron chi connectivity index (χ0n) is 11.3. The van der Waals surface area contributed by atoms with Gasteiger partial charge in [0.1, 0.15) is 5.69 Å². The highest BCUT2D eigenvalue weighted by Gasteiger charge is 2.27. The molecule has 1 aliphatic rings. The minimum Gasteiger partial charge on any atom is -0.481 e. The Bertz CT molecular complexity index is 522. The molecular formula is C14H18N2O4. The predicted octanol–water partition coefficient (Wildman–Crippen LogP) is 2.96. The van der Waals surface area contributed by atoms with Gasteiger partial charge in [0.2, 0.25) is 0 Å². The Balaban J connectivity index is 2.06. The summed E-state index contributed by atoms with van der Waals surface area (Å²) in [5.41, 5.74) is 1.54. The van der Waals surface area contributed by atoms with Crippen molar-refractivity contribution in [1.29, 1.82) is 0 Å². The third-order valence-electron chi connectivity index (χ3n) is 3.78. The van der Waals surface area contributed by atoms with E-state index in [4.69, 9.17) is 5.11 Å². The van der Waals surface area contributed by atoms with Gasteiger partial charge < -0.3 is 10.4 Å². The second kappa shape index (κ2) is 5.90. The lowest BCUT2D eigenvalue weighted by atomic mass is 9.86. The first-order valence-corrected chi connectivity index (χ1v) is 6.71. The molecule has 0 aromatic heterocycles. The summed E-state index contributed by atoms with van der Waals surface area (Å²) in [4.78, 5) is 21.5. The van der Waals surface area contributed by atoms with Gasteiger partial charge in [0, 0.05) is 12.1 Å². The van der Waals surface area contributed by atoms with Crippen molar-refractivity contribution in [3.05, 3.63) is 33.9 Å². The molecule has 0 bridgehead atoms. The summed E-state index contributed by atoms with van der Waals surface area (Å²) in [5.74, 6) is -1.02. The van der Waals surface area contributed by atoms with E-state index in [0.717, 1.165) is 18.4 Å². The summed E-state index contributed by atoms with van der Waals surface area (Å²) in [5, 5.41) is 23.2. The van der Waals surface area contributed by atoms with Crippen LogP contribution in [-0.4, -0.2) is 22.0 Å². The molecule has 0 spiro atoms. The molecule has 108 valence electrons. The van der Waals surface area contributed by atoms with Crippen molar-refractivity contribution in [3.63, 3.8) is 0 Å².